The molecule has 0 aromatic carbocycles. The van der Waals surface area contributed by atoms with E-state index in [0.717, 1.165) is 22.9 Å². The Bertz CT molecular complexity index is 418. The van der Waals surface area contributed by atoms with Gasteiger partial charge in [0.05, 0.1) is 11.4 Å². The summed E-state index contributed by atoms with van der Waals surface area (Å²) < 4.78 is 1.79. The van der Waals surface area contributed by atoms with Crippen molar-refractivity contribution in [2.45, 2.75) is 13.3 Å². The maximum absolute atomic E-state index is 5.45. The van der Waals surface area contributed by atoms with Crippen LogP contribution in [0.15, 0.2) is 17.6 Å². The van der Waals surface area contributed by atoms with E-state index in [1.807, 2.05) is 24.6 Å². The molecule has 0 aliphatic carbocycles. The van der Waals surface area contributed by atoms with Gasteiger partial charge in [-0.25, -0.2) is 9.67 Å². The number of hydrogen-bond donors (Lipinski definition) is 1. The highest BCUT2D eigenvalue weighted by atomic mass is 32.1. The Morgan fingerprint density at radius 2 is 2.43 bits per heavy atom. The minimum Gasteiger partial charge on any atom is -0.330 e. The summed E-state index contributed by atoms with van der Waals surface area (Å²) in [5.41, 5.74) is 7.49. The average Bonchev–Trinajstić information content (AvgIpc) is 2.74. The minimum atomic E-state index is 0.633. The summed E-state index contributed by atoms with van der Waals surface area (Å²) in [4.78, 5) is 4.34. The molecular formula is C9H12N4S. The average molecular weight is 208 g/mol. The summed E-state index contributed by atoms with van der Waals surface area (Å²) in [7, 11) is 0. The normalized spacial score (nSPS) is 10.7. The van der Waals surface area contributed by atoms with Gasteiger partial charge in [-0.2, -0.15) is 5.10 Å². The summed E-state index contributed by atoms with van der Waals surface area (Å²) in [6, 6.07) is 1.98. The van der Waals surface area contributed by atoms with Crippen molar-refractivity contribution < 1.29 is 0 Å². The molecule has 0 aliphatic rings. The van der Waals surface area contributed by atoms with Crippen molar-refractivity contribution in [3.63, 3.8) is 0 Å². The molecule has 0 unspecified atom stereocenters. The van der Waals surface area contributed by atoms with Crippen LogP contribution in [0.3, 0.4) is 0 Å². The van der Waals surface area contributed by atoms with Crippen molar-refractivity contribution in [1.29, 1.82) is 0 Å². The third kappa shape index (κ3) is 1.83. The van der Waals surface area contributed by atoms with Crippen molar-refractivity contribution in [2.24, 2.45) is 5.73 Å². The van der Waals surface area contributed by atoms with Gasteiger partial charge in [-0.3, -0.25) is 0 Å². The Labute approximate surface area is 86.4 Å². The van der Waals surface area contributed by atoms with Crippen molar-refractivity contribution >= 4 is 11.3 Å². The van der Waals surface area contributed by atoms with E-state index < -0.39 is 0 Å². The molecule has 2 aromatic rings. The molecule has 0 radical (unpaired) electrons. The number of nitrogens with zero attached hydrogens (tertiary/aromatic N) is 3. The van der Waals surface area contributed by atoms with Crippen LogP contribution >= 0.6 is 11.3 Å². The summed E-state index contributed by atoms with van der Waals surface area (Å²) >= 11 is 1.59. The fraction of sp³-hybridized carbons (Fsp3) is 0.333. The van der Waals surface area contributed by atoms with Gasteiger partial charge in [0.2, 0.25) is 5.13 Å². The van der Waals surface area contributed by atoms with Crippen LogP contribution in [0.4, 0.5) is 0 Å². The molecule has 14 heavy (non-hydrogen) atoms. The van der Waals surface area contributed by atoms with Gasteiger partial charge in [0.15, 0.2) is 0 Å². The van der Waals surface area contributed by atoms with E-state index in [1.54, 1.807) is 16.0 Å². The van der Waals surface area contributed by atoms with Gasteiger partial charge in [0, 0.05) is 18.0 Å². The molecule has 2 aromatic heterocycles. The Kier molecular flexibility index (Phi) is 2.60. The first-order chi connectivity index (χ1) is 6.79. The monoisotopic (exact) mass is 208 g/mol. The highest BCUT2D eigenvalue weighted by molar-refractivity contribution is 7.12. The molecule has 0 fully saturated rings. The predicted octanol–water partition coefficient (Wildman–Crippen LogP) is 1.14. The number of rotatable bonds is 3. The van der Waals surface area contributed by atoms with Gasteiger partial charge < -0.3 is 5.73 Å². The van der Waals surface area contributed by atoms with Crippen molar-refractivity contribution in [3.05, 3.63) is 29.0 Å². The van der Waals surface area contributed by atoms with E-state index in [0.29, 0.717) is 6.54 Å². The molecule has 5 heteroatoms. The molecule has 4 nitrogen and oxygen atoms in total. The zero-order chi connectivity index (χ0) is 9.97. The van der Waals surface area contributed by atoms with Crippen molar-refractivity contribution in [1.82, 2.24) is 14.8 Å². The van der Waals surface area contributed by atoms with E-state index in [9.17, 15) is 0 Å². The summed E-state index contributed by atoms with van der Waals surface area (Å²) in [6.07, 6.45) is 2.74. The van der Waals surface area contributed by atoms with Crippen LogP contribution in [0.25, 0.3) is 5.13 Å². The maximum atomic E-state index is 5.45. The Hall–Kier alpha value is -1.20. The van der Waals surface area contributed by atoms with Crippen LogP contribution in [0, 0.1) is 6.92 Å². The zero-order valence-electron chi connectivity index (χ0n) is 7.97. The number of aromatic nitrogens is 3. The van der Waals surface area contributed by atoms with Gasteiger partial charge in [-0.15, -0.1) is 11.3 Å². The van der Waals surface area contributed by atoms with Crippen molar-refractivity contribution in [3.8, 4) is 5.13 Å². The largest absolute Gasteiger partial charge is 0.330 e. The molecular weight excluding hydrogens is 196 g/mol. The number of nitrogens with two attached hydrogens (primary N) is 1. The van der Waals surface area contributed by atoms with Crippen LogP contribution < -0.4 is 5.73 Å². The zero-order valence-corrected chi connectivity index (χ0v) is 8.79. The van der Waals surface area contributed by atoms with Crippen LogP contribution in [0.1, 0.15) is 11.4 Å². The van der Waals surface area contributed by atoms with Crippen molar-refractivity contribution in [2.75, 3.05) is 6.54 Å². The Morgan fingerprint density at radius 1 is 1.57 bits per heavy atom. The Morgan fingerprint density at radius 3 is 3.07 bits per heavy atom. The second-order valence-electron chi connectivity index (χ2n) is 3.06. The smallest absolute Gasteiger partial charge is 0.210 e. The van der Waals surface area contributed by atoms with E-state index in [1.165, 1.54) is 0 Å². The van der Waals surface area contributed by atoms with Gasteiger partial charge >= 0.3 is 0 Å². The van der Waals surface area contributed by atoms with Crippen LogP contribution in [0.5, 0.6) is 0 Å². The number of aryl methyl sites for hydroxylation is 1. The predicted molar refractivity (Wildman–Crippen MR) is 56.7 cm³/mol. The molecule has 2 rings (SSSR count). The molecule has 0 saturated carbocycles. The van der Waals surface area contributed by atoms with Crippen LogP contribution in [-0.2, 0) is 6.42 Å². The molecule has 0 atom stereocenters. The molecule has 0 spiro atoms. The van der Waals surface area contributed by atoms with Crippen LogP contribution in [0.2, 0.25) is 0 Å². The molecule has 2 heterocycles. The lowest BCUT2D eigenvalue weighted by molar-refractivity contribution is 0.814. The Balaban J connectivity index is 2.24. The second kappa shape index (κ2) is 3.89. The summed E-state index contributed by atoms with van der Waals surface area (Å²) in [5.74, 6) is 0. The molecule has 0 aliphatic heterocycles. The van der Waals surface area contributed by atoms with E-state index in [4.69, 9.17) is 5.73 Å². The van der Waals surface area contributed by atoms with E-state index in [2.05, 4.69) is 10.1 Å². The van der Waals surface area contributed by atoms with Gasteiger partial charge in [-0.1, -0.05) is 0 Å². The van der Waals surface area contributed by atoms with E-state index >= 15 is 0 Å². The number of thiazole rings is 1. The lowest BCUT2D eigenvalue weighted by atomic mass is 10.3. The van der Waals surface area contributed by atoms with Gasteiger partial charge in [0.1, 0.15) is 0 Å². The second-order valence-corrected chi connectivity index (χ2v) is 3.90. The standard InChI is InChI=1S/C9H12N4S/c1-7-6-14-9(11-7)13-5-3-8(12-13)2-4-10/h3,5-6H,2,4,10H2,1H3. The highest BCUT2D eigenvalue weighted by Gasteiger charge is 2.03. The summed E-state index contributed by atoms with van der Waals surface area (Å²) in [6.45, 7) is 2.61. The third-order valence-electron chi connectivity index (χ3n) is 1.85. The SMILES string of the molecule is Cc1csc(-n2ccc(CCN)n2)n1. The fourth-order valence-corrected chi connectivity index (χ4v) is 1.93. The van der Waals surface area contributed by atoms with Crippen LogP contribution in [-0.4, -0.2) is 21.3 Å². The first-order valence-electron chi connectivity index (χ1n) is 4.46. The first kappa shape index (κ1) is 9.36. The molecule has 0 amide bonds. The van der Waals surface area contributed by atoms with Gasteiger partial charge in [-0.05, 0) is 19.5 Å². The fourth-order valence-electron chi connectivity index (χ4n) is 1.20. The third-order valence-corrected chi connectivity index (χ3v) is 2.80. The molecule has 74 valence electrons. The lowest BCUT2D eigenvalue weighted by Crippen LogP contribution is -2.04. The molecule has 2 N–H and O–H groups in total. The summed E-state index contributed by atoms with van der Waals surface area (Å²) in [5, 5.41) is 7.29. The van der Waals surface area contributed by atoms with Gasteiger partial charge in [0.25, 0.3) is 0 Å². The lowest BCUT2D eigenvalue weighted by Gasteiger charge is -1.93. The topological polar surface area (TPSA) is 56.7 Å². The van der Waals surface area contributed by atoms with E-state index in [-0.39, 0.29) is 0 Å². The quantitative estimate of drug-likeness (QED) is 0.823. The highest BCUT2D eigenvalue weighted by Crippen LogP contribution is 2.13. The minimum absolute atomic E-state index is 0.633. The number of hydrogen-bond acceptors (Lipinski definition) is 4. The maximum Gasteiger partial charge on any atom is 0.210 e. The first-order valence-corrected chi connectivity index (χ1v) is 5.34. The molecule has 0 bridgehead atoms. The molecule has 0 saturated heterocycles.